The molecule has 1 N–H and O–H groups in total. The Labute approximate surface area is 88.7 Å². The van der Waals surface area contributed by atoms with Gasteiger partial charge in [0.05, 0.1) is 11.8 Å². The van der Waals surface area contributed by atoms with Crippen molar-refractivity contribution in [3.05, 3.63) is 17.5 Å². The van der Waals surface area contributed by atoms with Gasteiger partial charge < -0.3 is 5.32 Å². The van der Waals surface area contributed by atoms with Gasteiger partial charge in [0.2, 0.25) is 0 Å². The van der Waals surface area contributed by atoms with Crippen LogP contribution in [-0.2, 0) is 7.05 Å². The SMILES string of the molecule is Cc1cc(C(=O)NCCCC#N)n(C)n1. The highest BCUT2D eigenvalue weighted by atomic mass is 16.2. The van der Waals surface area contributed by atoms with Crippen LogP contribution in [0.4, 0.5) is 0 Å². The predicted molar refractivity (Wildman–Crippen MR) is 55.1 cm³/mol. The van der Waals surface area contributed by atoms with Crippen LogP contribution < -0.4 is 5.32 Å². The molecule has 0 spiro atoms. The Morgan fingerprint density at radius 1 is 1.73 bits per heavy atom. The highest BCUT2D eigenvalue weighted by molar-refractivity contribution is 5.92. The van der Waals surface area contributed by atoms with Gasteiger partial charge in [-0.2, -0.15) is 10.4 Å². The maximum atomic E-state index is 11.6. The van der Waals surface area contributed by atoms with Gasteiger partial charge in [-0.25, -0.2) is 0 Å². The third kappa shape index (κ3) is 3.09. The van der Waals surface area contributed by atoms with Crippen LogP contribution in [0.2, 0.25) is 0 Å². The quantitative estimate of drug-likeness (QED) is 0.739. The van der Waals surface area contributed by atoms with E-state index in [4.69, 9.17) is 5.26 Å². The first-order valence-electron chi connectivity index (χ1n) is 4.81. The fourth-order valence-electron chi connectivity index (χ4n) is 1.28. The first-order valence-corrected chi connectivity index (χ1v) is 4.81. The molecule has 1 aromatic heterocycles. The number of nitriles is 1. The molecular weight excluding hydrogens is 192 g/mol. The lowest BCUT2D eigenvalue weighted by molar-refractivity contribution is 0.0944. The number of carbonyl (C=O) groups excluding carboxylic acids is 1. The van der Waals surface area contributed by atoms with Crippen LogP contribution in [0.5, 0.6) is 0 Å². The minimum Gasteiger partial charge on any atom is -0.351 e. The molecule has 0 saturated carbocycles. The van der Waals surface area contributed by atoms with Crippen LogP contribution in [0.15, 0.2) is 6.07 Å². The molecule has 80 valence electrons. The summed E-state index contributed by atoms with van der Waals surface area (Å²) in [4.78, 5) is 11.6. The number of hydrogen-bond acceptors (Lipinski definition) is 3. The van der Waals surface area contributed by atoms with E-state index in [0.717, 1.165) is 5.69 Å². The summed E-state index contributed by atoms with van der Waals surface area (Å²) in [6, 6.07) is 3.76. The van der Waals surface area contributed by atoms with Crippen molar-refractivity contribution in [1.82, 2.24) is 15.1 Å². The van der Waals surface area contributed by atoms with Crippen LogP contribution in [-0.4, -0.2) is 22.2 Å². The maximum absolute atomic E-state index is 11.6. The second kappa shape index (κ2) is 5.15. The summed E-state index contributed by atoms with van der Waals surface area (Å²) < 4.78 is 1.55. The molecule has 0 unspecified atom stereocenters. The standard InChI is InChI=1S/C10H14N4O/c1-8-7-9(14(2)13-8)10(15)12-6-4-3-5-11/h7H,3-4,6H2,1-2H3,(H,12,15). The van der Waals surface area contributed by atoms with Crippen molar-refractivity contribution in [2.75, 3.05) is 6.54 Å². The van der Waals surface area contributed by atoms with Gasteiger partial charge in [0, 0.05) is 20.0 Å². The van der Waals surface area contributed by atoms with Gasteiger partial charge in [-0.05, 0) is 19.4 Å². The predicted octanol–water partition coefficient (Wildman–Crippen LogP) is 0.762. The summed E-state index contributed by atoms with van der Waals surface area (Å²) in [6.07, 6.45) is 1.14. The number of aryl methyl sites for hydroxylation is 2. The summed E-state index contributed by atoms with van der Waals surface area (Å²) in [6.45, 7) is 2.36. The first-order chi connectivity index (χ1) is 7.15. The topological polar surface area (TPSA) is 70.7 Å². The molecule has 0 aliphatic carbocycles. The summed E-state index contributed by atoms with van der Waals surface area (Å²) >= 11 is 0. The van der Waals surface area contributed by atoms with Crippen molar-refractivity contribution >= 4 is 5.91 Å². The molecule has 5 heteroatoms. The van der Waals surface area contributed by atoms with Gasteiger partial charge in [0.1, 0.15) is 5.69 Å². The third-order valence-electron chi connectivity index (χ3n) is 1.99. The molecule has 0 bridgehead atoms. The number of nitrogens with one attached hydrogen (secondary N) is 1. The minimum atomic E-state index is -0.143. The monoisotopic (exact) mass is 206 g/mol. The van der Waals surface area contributed by atoms with Gasteiger partial charge in [-0.15, -0.1) is 0 Å². The van der Waals surface area contributed by atoms with Crippen molar-refractivity contribution in [2.45, 2.75) is 19.8 Å². The average Bonchev–Trinajstić information content (AvgIpc) is 2.52. The second-order valence-corrected chi connectivity index (χ2v) is 3.31. The lowest BCUT2D eigenvalue weighted by Crippen LogP contribution is -2.26. The zero-order valence-corrected chi connectivity index (χ0v) is 8.95. The Morgan fingerprint density at radius 2 is 2.47 bits per heavy atom. The molecule has 0 saturated heterocycles. The van der Waals surface area contributed by atoms with Crippen LogP contribution in [0, 0.1) is 18.3 Å². The highest BCUT2D eigenvalue weighted by Gasteiger charge is 2.10. The largest absolute Gasteiger partial charge is 0.351 e. The first kappa shape index (κ1) is 11.2. The van der Waals surface area contributed by atoms with E-state index in [0.29, 0.717) is 25.1 Å². The van der Waals surface area contributed by atoms with Crippen LogP contribution in [0.1, 0.15) is 29.0 Å². The van der Waals surface area contributed by atoms with E-state index in [1.807, 2.05) is 13.0 Å². The van der Waals surface area contributed by atoms with Crippen LogP contribution in [0.3, 0.4) is 0 Å². The fourth-order valence-corrected chi connectivity index (χ4v) is 1.28. The molecule has 5 nitrogen and oxygen atoms in total. The molecule has 0 aliphatic heterocycles. The van der Waals surface area contributed by atoms with Gasteiger partial charge >= 0.3 is 0 Å². The van der Waals surface area contributed by atoms with Gasteiger partial charge in [0.15, 0.2) is 0 Å². The van der Waals surface area contributed by atoms with Crippen molar-refractivity contribution in [2.24, 2.45) is 7.05 Å². The molecule has 0 atom stereocenters. The summed E-state index contributed by atoms with van der Waals surface area (Å²) in [7, 11) is 1.73. The molecule has 0 fully saturated rings. The molecule has 0 radical (unpaired) electrons. The smallest absolute Gasteiger partial charge is 0.269 e. The zero-order valence-electron chi connectivity index (χ0n) is 8.95. The number of carbonyl (C=O) groups is 1. The molecule has 1 aromatic rings. The third-order valence-corrected chi connectivity index (χ3v) is 1.99. The van der Waals surface area contributed by atoms with Gasteiger partial charge in [-0.1, -0.05) is 0 Å². The Balaban J connectivity index is 2.48. The number of amides is 1. The van der Waals surface area contributed by atoms with Gasteiger partial charge in [0.25, 0.3) is 5.91 Å². The zero-order chi connectivity index (χ0) is 11.3. The normalized spacial score (nSPS) is 9.67. The molecule has 1 amide bonds. The van der Waals surface area contributed by atoms with Gasteiger partial charge in [-0.3, -0.25) is 9.48 Å². The Morgan fingerprint density at radius 3 is 3.00 bits per heavy atom. The van der Waals surface area contributed by atoms with Crippen molar-refractivity contribution in [3.8, 4) is 6.07 Å². The summed E-state index contributed by atoms with van der Waals surface area (Å²) in [5, 5.41) is 15.1. The molecular formula is C10H14N4O. The number of nitrogens with zero attached hydrogens (tertiary/aromatic N) is 3. The van der Waals surface area contributed by atoms with E-state index in [1.165, 1.54) is 0 Å². The molecule has 1 rings (SSSR count). The molecule has 0 aliphatic rings. The maximum Gasteiger partial charge on any atom is 0.269 e. The van der Waals surface area contributed by atoms with E-state index in [1.54, 1.807) is 17.8 Å². The van der Waals surface area contributed by atoms with E-state index in [2.05, 4.69) is 10.4 Å². The van der Waals surface area contributed by atoms with E-state index < -0.39 is 0 Å². The fraction of sp³-hybridized carbons (Fsp3) is 0.500. The lowest BCUT2D eigenvalue weighted by Gasteiger charge is -2.03. The van der Waals surface area contributed by atoms with E-state index in [9.17, 15) is 4.79 Å². The number of unbranched alkanes of at least 4 members (excludes halogenated alkanes) is 1. The van der Waals surface area contributed by atoms with E-state index >= 15 is 0 Å². The van der Waals surface area contributed by atoms with E-state index in [-0.39, 0.29) is 5.91 Å². The number of aromatic nitrogens is 2. The van der Waals surface area contributed by atoms with Crippen LogP contribution >= 0.6 is 0 Å². The molecule has 0 aromatic carbocycles. The number of hydrogen-bond donors (Lipinski definition) is 1. The van der Waals surface area contributed by atoms with Crippen molar-refractivity contribution in [3.63, 3.8) is 0 Å². The second-order valence-electron chi connectivity index (χ2n) is 3.31. The Bertz CT molecular complexity index is 389. The molecule has 15 heavy (non-hydrogen) atoms. The lowest BCUT2D eigenvalue weighted by atomic mass is 10.3. The minimum absolute atomic E-state index is 0.143. The van der Waals surface area contributed by atoms with Crippen molar-refractivity contribution in [1.29, 1.82) is 5.26 Å². The summed E-state index contributed by atoms with van der Waals surface area (Å²) in [5.41, 5.74) is 1.36. The Kier molecular flexibility index (Phi) is 3.86. The Hall–Kier alpha value is -1.83. The summed E-state index contributed by atoms with van der Waals surface area (Å²) in [5.74, 6) is -0.143. The molecule has 1 heterocycles. The highest BCUT2D eigenvalue weighted by Crippen LogP contribution is 2.01. The average molecular weight is 206 g/mol. The number of rotatable bonds is 4. The van der Waals surface area contributed by atoms with Crippen LogP contribution in [0.25, 0.3) is 0 Å². The van der Waals surface area contributed by atoms with Crippen molar-refractivity contribution < 1.29 is 4.79 Å².